The Morgan fingerprint density at radius 2 is 2.30 bits per heavy atom. The van der Waals surface area contributed by atoms with Gasteiger partial charge in [-0.1, -0.05) is 0 Å². The van der Waals surface area contributed by atoms with Gasteiger partial charge in [0.05, 0.1) is 18.7 Å². The molecule has 20 heavy (non-hydrogen) atoms. The first kappa shape index (κ1) is 14.3. The summed E-state index contributed by atoms with van der Waals surface area (Å²) in [5, 5.41) is 2.70. The standard InChI is InChI=1S/C14H20N4O2/c1-10-11(2)18-8-3-4-12(14(18)17-10)20-9-5-13(19)16-7-6-15/h3-4,8H,5-7,9,15H2,1-2H3,(H,16,19). The SMILES string of the molecule is Cc1nc2c(OCCC(=O)NCCN)cccn2c1C. The molecule has 0 saturated heterocycles. The first-order valence-corrected chi connectivity index (χ1v) is 6.67. The molecule has 0 atom stereocenters. The number of hydrogen-bond acceptors (Lipinski definition) is 4. The van der Waals surface area contributed by atoms with E-state index in [1.807, 2.05) is 36.6 Å². The normalized spacial score (nSPS) is 10.8. The second-order valence-corrected chi connectivity index (χ2v) is 4.59. The summed E-state index contributed by atoms with van der Waals surface area (Å²) in [5.41, 5.74) is 8.16. The van der Waals surface area contributed by atoms with E-state index in [-0.39, 0.29) is 5.91 Å². The number of imidazole rings is 1. The van der Waals surface area contributed by atoms with Gasteiger partial charge in [0.1, 0.15) is 0 Å². The Bertz CT molecular complexity index is 606. The minimum atomic E-state index is -0.0573. The average Bonchev–Trinajstić information content (AvgIpc) is 2.73. The number of amides is 1. The Labute approximate surface area is 117 Å². The summed E-state index contributed by atoms with van der Waals surface area (Å²) in [4.78, 5) is 15.9. The number of nitrogens with two attached hydrogens (primary N) is 1. The molecule has 0 fully saturated rings. The maximum atomic E-state index is 11.4. The van der Waals surface area contributed by atoms with Crippen molar-refractivity contribution < 1.29 is 9.53 Å². The van der Waals surface area contributed by atoms with Crippen LogP contribution in [-0.2, 0) is 4.79 Å². The zero-order valence-corrected chi connectivity index (χ0v) is 11.8. The third kappa shape index (κ3) is 3.08. The summed E-state index contributed by atoms with van der Waals surface area (Å²) in [5.74, 6) is 0.633. The lowest BCUT2D eigenvalue weighted by Gasteiger charge is -2.08. The first-order chi connectivity index (χ1) is 9.63. The Balaban J connectivity index is 2.00. The summed E-state index contributed by atoms with van der Waals surface area (Å²) in [6, 6.07) is 3.77. The largest absolute Gasteiger partial charge is 0.489 e. The molecule has 6 heteroatoms. The average molecular weight is 276 g/mol. The zero-order chi connectivity index (χ0) is 14.5. The molecule has 108 valence electrons. The van der Waals surface area contributed by atoms with Crippen molar-refractivity contribution in [2.45, 2.75) is 20.3 Å². The molecule has 1 amide bonds. The lowest BCUT2D eigenvalue weighted by molar-refractivity contribution is -0.121. The van der Waals surface area contributed by atoms with Gasteiger partial charge in [-0.3, -0.25) is 4.79 Å². The van der Waals surface area contributed by atoms with Crippen LogP contribution in [0.3, 0.4) is 0 Å². The summed E-state index contributed by atoms with van der Waals surface area (Å²) >= 11 is 0. The molecule has 0 aromatic carbocycles. The predicted molar refractivity (Wildman–Crippen MR) is 76.8 cm³/mol. The van der Waals surface area contributed by atoms with Gasteiger partial charge in [-0.05, 0) is 26.0 Å². The number of aromatic nitrogens is 2. The molecule has 0 aliphatic heterocycles. The van der Waals surface area contributed by atoms with Crippen LogP contribution in [0.25, 0.3) is 5.65 Å². The topological polar surface area (TPSA) is 81.6 Å². The summed E-state index contributed by atoms with van der Waals surface area (Å²) in [6.07, 6.45) is 2.26. The zero-order valence-electron chi connectivity index (χ0n) is 11.8. The molecular weight excluding hydrogens is 256 g/mol. The quantitative estimate of drug-likeness (QED) is 0.817. The highest BCUT2D eigenvalue weighted by molar-refractivity contribution is 5.76. The van der Waals surface area contributed by atoms with Crippen molar-refractivity contribution in [3.8, 4) is 5.75 Å². The monoisotopic (exact) mass is 276 g/mol. The smallest absolute Gasteiger partial charge is 0.223 e. The van der Waals surface area contributed by atoms with Crippen LogP contribution in [0.2, 0.25) is 0 Å². The lowest BCUT2D eigenvalue weighted by atomic mass is 10.4. The number of pyridine rings is 1. The van der Waals surface area contributed by atoms with E-state index in [9.17, 15) is 4.79 Å². The molecule has 0 aliphatic carbocycles. The highest BCUT2D eigenvalue weighted by Crippen LogP contribution is 2.21. The van der Waals surface area contributed by atoms with Crippen LogP contribution in [0.15, 0.2) is 18.3 Å². The first-order valence-electron chi connectivity index (χ1n) is 6.67. The van der Waals surface area contributed by atoms with Crippen LogP contribution < -0.4 is 15.8 Å². The number of fused-ring (bicyclic) bond motifs is 1. The predicted octanol–water partition coefficient (Wildman–Crippen LogP) is 0.795. The summed E-state index contributed by atoms with van der Waals surface area (Å²) in [7, 11) is 0. The number of carbonyl (C=O) groups is 1. The highest BCUT2D eigenvalue weighted by atomic mass is 16.5. The maximum Gasteiger partial charge on any atom is 0.223 e. The van der Waals surface area contributed by atoms with Crippen molar-refractivity contribution in [2.75, 3.05) is 19.7 Å². The number of rotatable bonds is 6. The van der Waals surface area contributed by atoms with Crippen LogP contribution in [0, 0.1) is 13.8 Å². The Morgan fingerprint density at radius 3 is 3.05 bits per heavy atom. The molecule has 6 nitrogen and oxygen atoms in total. The molecule has 0 unspecified atom stereocenters. The van der Waals surface area contributed by atoms with E-state index in [1.54, 1.807) is 0 Å². The van der Waals surface area contributed by atoms with Gasteiger partial charge < -0.3 is 20.2 Å². The van der Waals surface area contributed by atoms with Crippen molar-refractivity contribution in [3.63, 3.8) is 0 Å². The van der Waals surface area contributed by atoms with Crippen LogP contribution in [-0.4, -0.2) is 35.0 Å². The van der Waals surface area contributed by atoms with Crippen LogP contribution in [0.1, 0.15) is 17.8 Å². The van der Waals surface area contributed by atoms with E-state index in [4.69, 9.17) is 10.5 Å². The molecule has 0 radical (unpaired) electrons. The number of hydrogen-bond donors (Lipinski definition) is 2. The molecule has 0 saturated carbocycles. The van der Waals surface area contributed by atoms with Crippen molar-refractivity contribution >= 4 is 11.6 Å². The number of ether oxygens (including phenoxy) is 1. The molecule has 0 aliphatic rings. The second-order valence-electron chi connectivity index (χ2n) is 4.59. The fraction of sp³-hybridized carbons (Fsp3) is 0.429. The third-order valence-corrected chi connectivity index (χ3v) is 3.14. The van der Waals surface area contributed by atoms with E-state index in [0.717, 1.165) is 17.0 Å². The van der Waals surface area contributed by atoms with E-state index >= 15 is 0 Å². The fourth-order valence-corrected chi connectivity index (χ4v) is 1.94. The van der Waals surface area contributed by atoms with Gasteiger partial charge in [0.2, 0.25) is 5.91 Å². The van der Waals surface area contributed by atoms with Crippen molar-refractivity contribution in [1.82, 2.24) is 14.7 Å². The molecule has 2 rings (SSSR count). The van der Waals surface area contributed by atoms with Crippen LogP contribution in [0.4, 0.5) is 0 Å². The van der Waals surface area contributed by atoms with Gasteiger partial charge in [-0.15, -0.1) is 0 Å². The number of aryl methyl sites for hydroxylation is 2. The minimum Gasteiger partial charge on any atom is -0.489 e. The van der Waals surface area contributed by atoms with Gasteiger partial charge in [0.15, 0.2) is 11.4 Å². The Kier molecular flexibility index (Phi) is 4.57. The third-order valence-electron chi connectivity index (χ3n) is 3.14. The number of nitrogens with zero attached hydrogens (tertiary/aromatic N) is 2. The maximum absolute atomic E-state index is 11.4. The molecular formula is C14H20N4O2. The van der Waals surface area contributed by atoms with Gasteiger partial charge in [0.25, 0.3) is 0 Å². The molecule has 0 bridgehead atoms. The van der Waals surface area contributed by atoms with Crippen LogP contribution >= 0.6 is 0 Å². The summed E-state index contributed by atoms with van der Waals surface area (Å²) in [6.45, 7) is 5.23. The highest BCUT2D eigenvalue weighted by Gasteiger charge is 2.09. The number of nitrogens with one attached hydrogen (secondary N) is 1. The van der Waals surface area contributed by atoms with E-state index in [0.29, 0.717) is 31.9 Å². The van der Waals surface area contributed by atoms with Gasteiger partial charge in [0, 0.05) is 25.0 Å². The van der Waals surface area contributed by atoms with E-state index in [1.165, 1.54) is 0 Å². The van der Waals surface area contributed by atoms with Crippen molar-refractivity contribution in [1.29, 1.82) is 0 Å². The van der Waals surface area contributed by atoms with E-state index in [2.05, 4.69) is 10.3 Å². The van der Waals surface area contributed by atoms with Crippen molar-refractivity contribution in [2.24, 2.45) is 5.73 Å². The molecule has 0 spiro atoms. The minimum absolute atomic E-state index is 0.0573. The lowest BCUT2D eigenvalue weighted by Crippen LogP contribution is -2.29. The van der Waals surface area contributed by atoms with Gasteiger partial charge >= 0.3 is 0 Å². The molecule has 3 N–H and O–H groups in total. The van der Waals surface area contributed by atoms with Gasteiger partial charge in [-0.25, -0.2) is 4.98 Å². The second kappa shape index (κ2) is 6.38. The molecule has 2 aromatic rings. The molecule has 2 aromatic heterocycles. The van der Waals surface area contributed by atoms with E-state index < -0.39 is 0 Å². The molecule has 2 heterocycles. The Hall–Kier alpha value is -2.08. The van der Waals surface area contributed by atoms with Gasteiger partial charge in [-0.2, -0.15) is 0 Å². The Morgan fingerprint density at radius 1 is 1.50 bits per heavy atom. The van der Waals surface area contributed by atoms with Crippen molar-refractivity contribution in [3.05, 3.63) is 29.7 Å². The fourth-order valence-electron chi connectivity index (χ4n) is 1.94. The summed E-state index contributed by atoms with van der Waals surface area (Å²) < 4.78 is 7.65. The number of carbonyl (C=O) groups excluding carboxylic acids is 1. The van der Waals surface area contributed by atoms with Crippen LogP contribution in [0.5, 0.6) is 5.75 Å².